The Morgan fingerprint density at radius 2 is 1.42 bits per heavy atom. The number of allylic oxidation sites excluding steroid dienone is 1. The molecule has 7 heteroatoms. The molecule has 0 unspecified atom stereocenters. The maximum absolute atomic E-state index is 12.5. The minimum atomic E-state index is -4.83. The van der Waals surface area contributed by atoms with Crippen LogP contribution in [0.2, 0.25) is 0 Å². The second-order valence-electron chi connectivity index (χ2n) is 3.96. The monoisotopic (exact) mass is 302 g/mol. The number of hydrogen-bond acceptors (Lipinski definition) is 0. The molecule has 0 aliphatic carbocycles. The molecule has 106 valence electrons. The van der Waals surface area contributed by atoms with Crippen LogP contribution >= 0.6 is 11.6 Å². The highest BCUT2D eigenvalue weighted by Gasteiger charge is 2.36. The Hall–Kier alpha value is -1.17. The summed E-state index contributed by atoms with van der Waals surface area (Å²) in [5.74, 6) is 0.0254. The van der Waals surface area contributed by atoms with Crippen LogP contribution in [0.3, 0.4) is 0 Å². The Labute approximate surface area is 110 Å². The summed E-state index contributed by atoms with van der Waals surface area (Å²) in [7, 11) is 0. The predicted octanol–water partition coefficient (Wildman–Crippen LogP) is 5.37. The van der Waals surface area contributed by atoms with E-state index >= 15 is 0 Å². The molecule has 0 amide bonds. The van der Waals surface area contributed by atoms with E-state index in [1.807, 2.05) is 0 Å². The van der Waals surface area contributed by atoms with Gasteiger partial charge in [0.15, 0.2) is 0 Å². The number of hydrogen-bond donors (Lipinski definition) is 0. The first-order valence-electron chi connectivity index (χ1n) is 5.06. The molecule has 0 aliphatic heterocycles. The van der Waals surface area contributed by atoms with Gasteiger partial charge in [0, 0.05) is 5.88 Å². The van der Waals surface area contributed by atoms with Crippen molar-refractivity contribution in [1.82, 2.24) is 0 Å². The minimum absolute atomic E-state index is 0.0254. The Balaban J connectivity index is 3.41. The van der Waals surface area contributed by atoms with Gasteiger partial charge in [0.2, 0.25) is 0 Å². The average Bonchev–Trinajstić information content (AvgIpc) is 2.26. The summed E-state index contributed by atoms with van der Waals surface area (Å²) >= 11 is 5.45. The van der Waals surface area contributed by atoms with Crippen molar-refractivity contribution < 1.29 is 26.3 Å². The van der Waals surface area contributed by atoms with Crippen molar-refractivity contribution >= 4 is 17.7 Å². The molecule has 0 spiro atoms. The smallest absolute Gasteiger partial charge is 0.166 e. The Kier molecular flexibility index (Phi) is 4.55. The molecular formula is C12H9ClF6. The first-order chi connectivity index (χ1) is 8.54. The highest BCUT2D eigenvalue weighted by atomic mass is 35.5. The number of benzene rings is 1. The van der Waals surface area contributed by atoms with Gasteiger partial charge in [-0.2, -0.15) is 26.3 Å². The van der Waals surface area contributed by atoms with Crippen molar-refractivity contribution in [3.8, 4) is 0 Å². The Morgan fingerprint density at radius 3 is 1.74 bits per heavy atom. The summed E-state index contributed by atoms with van der Waals surface area (Å²) in [6.45, 7) is 1.51. The van der Waals surface area contributed by atoms with E-state index in [1.165, 1.54) is 13.0 Å². The van der Waals surface area contributed by atoms with Gasteiger partial charge in [0.25, 0.3) is 0 Å². The van der Waals surface area contributed by atoms with Gasteiger partial charge in [0.1, 0.15) is 0 Å². The molecule has 1 rings (SSSR count). The summed E-state index contributed by atoms with van der Waals surface area (Å²) in [5.41, 5.74) is -2.39. The third-order valence-corrected chi connectivity index (χ3v) is 2.66. The van der Waals surface area contributed by atoms with E-state index in [1.54, 1.807) is 0 Å². The zero-order chi connectivity index (χ0) is 14.8. The van der Waals surface area contributed by atoms with Gasteiger partial charge in [-0.15, -0.1) is 11.6 Å². The largest absolute Gasteiger partial charge is 0.416 e. The number of alkyl halides is 7. The normalized spacial score (nSPS) is 13.8. The van der Waals surface area contributed by atoms with Gasteiger partial charge in [-0.25, -0.2) is 0 Å². The van der Waals surface area contributed by atoms with Gasteiger partial charge in [-0.1, -0.05) is 11.6 Å². The van der Waals surface area contributed by atoms with Crippen LogP contribution in [0, 0.1) is 0 Å². The van der Waals surface area contributed by atoms with Crippen molar-refractivity contribution in [3.05, 3.63) is 40.5 Å². The fraction of sp³-hybridized carbons (Fsp3) is 0.333. The van der Waals surface area contributed by atoms with Gasteiger partial charge in [-0.05, 0) is 30.7 Å². The van der Waals surface area contributed by atoms with E-state index in [0.29, 0.717) is 17.7 Å². The molecule has 0 atom stereocenters. The van der Waals surface area contributed by atoms with E-state index in [2.05, 4.69) is 0 Å². The van der Waals surface area contributed by atoms with Gasteiger partial charge >= 0.3 is 12.4 Å². The summed E-state index contributed by atoms with van der Waals surface area (Å²) < 4.78 is 75.2. The van der Waals surface area contributed by atoms with Crippen LogP contribution in [-0.2, 0) is 12.4 Å². The van der Waals surface area contributed by atoms with Gasteiger partial charge < -0.3 is 0 Å². The minimum Gasteiger partial charge on any atom is -0.166 e. The zero-order valence-electron chi connectivity index (χ0n) is 9.66. The van der Waals surface area contributed by atoms with Gasteiger partial charge in [-0.3, -0.25) is 0 Å². The molecule has 0 saturated heterocycles. The van der Waals surface area contributed by atoms with Crippen molar-refractivity contribution in [2.45, 2.75) is 19.3 Å². The molecule has 0 fully saturated rings. The summed E-state index contributed by atoms with van der Waals surface area (Å²) in [4.78, 5) is 0. The number of halogens is 7. The predicted molar refractivity (Wildman–Crippen MR) is 60.8 cm³/mol. The fourth-order valence-electron chi connectivity index (χ4n) is 1.39. The van der Waals surface area contributed by atoms with E-state index in [9.17, 15) is 26.3 Å². The molecule has 0 N–H and O–H groups in total. The molecule has 0 aliphatic rings. The first-order valence-corrected chi connectivity index (χ1v) is 5.60. The van der Waals surface area contributed by atoms with Crippen LogP contribution in [0.25, 0.3) is 6.08 Å². The third kappa shape index (κ3) is 4.45. The van der Waals surface area contributed by atoms with Crippen LogP contribution < -0.4 is 0 Å². The van der Waals surface area contributed by atoms with Crippen LogP contribution in [0.15, 0.2) is 23.8 Å². The van der Waals surface area contributed by atoms with Crippen molar-refractivity contribution in [2.75, 3.05) is 5.88 Å². The van der Waals surface area contributed by atoms with E-state index in [4.69, 9.17) is 11.6 Å². The molecule has 0 heterocycles. The second-order valence-corrected chi connectivity index (χ2v) is 4.23. The summed E-state index contributed by atoms with van der Waals surface area (Å²) in [5, 5.41) is 0. The molecule has 0 radical (unpaired) electrons. The lowest BCUT2D eigenvalue weighted by molar-refractivity contribution is -0.143. The average molecular weight is 303 g/mol. The molecular weight excluding hydrogens is 294 g/mol. The van der Waals surface area contributed by atoms with Crippen molar-refractivity contribution in [1.29, 1.82) is 0 Å². The molecule has 0 saturated carbocycles. The van der Waals surface area contributed by atoms with Crippen LogP contribution in [0.4, 0.5) is 26.3 Å². The van der Waals surface area contributed by atoms with E-state index < -0.39 is 23.5 Å². The highest BCUT2D eigenvalue weighted by molar-refractivity contribution is 6.19. The lowest BCUT2D eigenvalue weighted by Crippen LogP contribution is -2.11. The molecule has 1 aromatic rings. The van der Waals surface area contributed by atoms with Crippen LogP contribution in [-0.4, -0.2) is 5.88 Å². The lowest BCUT2D eigenvalue weighted by Gasteiger charge is -2.13. The maximum atomic E-state index is 12.5. The molecule has 19 heavy (non-hydrogen) atoms. The zero-order valence-corrected chi connectivity index (χ0v) is 10.4. The quantitative estimate of drug-likeness (QED) is 0.509. The standard InChI is InChI=1S/C12H9ClF6/c1-7(6-13)2-8-3-9(11(14,15)16)5-10(4-8)12(17,18)19/h2-5H,6H2,1H3. The van der Waals surface area contributed by atoms with Crippen molar-refractivity contribution in [2.24, 2.45) is 0 Å². The topological polar surface area (TPSA) is 0 Å². The Bertz CT molecular complexity index is 452. The summed E-state index contributed by atoms with van der Waals surface area (Å²) in [6.07, 6.45) is -8.48. The molecule has 1 aromatic carbocycles. The first kappa shape index (κ1) is 15.9. The van der Waals surface area contributed by atoms with E-state index in [-0.39, 0.29) is 17.5 Å². The molecule has 0 aromatic heterocycles. The van der Waals surface area contributed by atoms with E-state index in [0.717, 1.165) is 0 Å². The maximum Gasteiger partial charge on any atom is 0.416 e. The second kappa shape index (κ2) is 5.45. The summed E-state index contributed by atoms with van der Waals surface area (Å²) in [6, 6.07) is 1.41. The lowest BCUT2D eigenvalue weighted by atomic mass is 10.0. The Morgan fingerprint density at radius 1 is 1.00 bits per heavy atom. The fourth-order valence-corrected chi connectivity index (χ4v) is 1.46. The highest BCUT2D eigenvalue weighted by Crippen LogP contribution is 2.36. The van der Waals surface area contributed by atoms with Crippen molar-refractivity contribution in [3.63, 3.8) is 0 Å². The van der Waals surface area contributed by atoms with Crippen LogP contribution in [0.5, 0.6) is 0 Å². The molecule has 0 bridgehead atoms. The molecule has 0 nitrogen and oxygen atoms in total. The van der Waals surface area contributed by atoms with Gasteiger partial charge in [0.05, 0.1) is 11.1 Å². The number of rotatable bonds is 2. The van der Waals surface area contributed by atoms with Crippen LogP contribution in [0.1, 0.15) is 23.6 Å². The third-order valence-electron chi connectivity index (χ3n) is 2.23. The SMILES string of the molecule is CC(=Cc1cc(C(F)(F)F)cc(C(F)(F)F)c1)CCl.